The van der Waals surface area contributed by atoms with E-state index in [9.17, 15) is 0 Å². The Hall–Kier alpha value is -1.13. The number of hydrogen-bond acceptors (Lipinski definition) is 4. The third kappa shape index (κ3) is 4.17. The van der Waals surface area contributed by atoms with Crippen molar-refractivity contribution in [2.75, 3.05) is 25.1 Å². The predicted molar refractivity (Wildman–Crippen MR) is 87.8 cm³/mol. The second-order valence-electron chi connectivity index (χ2n) is 5.90. The van der Waals surface area contributed by atoms with Gasteiger partial charge in [-0.3, -0.25) is 0 Å². The van der Waals surface area contributed by atoms with Crippen molar-refractivity contribution in [1.82, 2.24) is 10.3 Å². The molecule has 1 saturated heterocycles. The van der Waals surface area contributed by atoms with Crippen molar-refractivity contribution in [2.45, 2.75) is 58.7 Å². The Labute approximate surface area is 128 Å². The van der Waals surface area contributed by atoms with Crippen molar-refractivity contribution >= 4 is 5.82 Å². The first-order valence-corrected chi connectivity index (χ1v) is 8.20. The molecule has 4 heteroatoms. The third-order valence-corrected chi connectivity index (χ3v) is 4.24. The van der Waals surface area contributed by atoms with Gasteiger partial charge >= 0.3 is 0 Å². The van der Waals surface area contributed by atoms with Crippen molar-refractivity contribution in [3.8, 4) is 0 Å². The van der Waals surface area contributed by atoms with E-state index in [1.54, 1.807) is 0 Å². The molecule has 0 amide bonds. The normalized spacial score (nSPS) is 21.7. The minimum absolute atomic E-state index is 0.281. The highest BCUT2D eigenvalue weighted by molar-refractivity contribution is 5.43. The first kappa shape index (κ1) is 16.2. The van der Waals surface area contributed by atoms with Crippen molar-refractivity contribution in [2.24, 2.45) is 0 Å². The number of hydrogen-bond donors (Lipinski definition) is 1. The van der Waals surface area contributed by atoms with Crippen LogP contribution in [0.1, 0.15) is 44.9 Å². The summed E-state index contributed by atoms with van der Waals surface area (Å²) < 4.78 is 5.69. The lowest BCUT2D eigenvalue weighted by Gasteiger charge is -2.28. The quantitative estimate of drug-likeness (QED) is 0.784. The molecule has 1 aromatic rings. The zero-order chi connectivity index (χ0) is 15.2. The van der Waals surface area contributed by atoms with E-state index >= 15 is 0 Å². The molecule has 1 N–H and O–H groups in total. The van der Waals surface area contributed by atoms with E-state index in [0.29, 0.717) is 6.04 Å². The summed E-state index contributed by atoms with van der Waals surface area (Å²) >= 11 is 0. The molecule has 0 spiro atoms. The molecule has 1 fully saturated rings. The molecule has 2 atom stereocenters. The lowest BCUT2D eigenvalue weighted by Crippen LogP contribution is -2.37. The summed E-state index contributed by atoms with van der Waals surface area (Å²) in [6.45, 7) is 9.34. The summed E-state index contributed by atoms with van der Waals surface area (Å²) in [5.74, 6) is 1.07. The van der Waals surface area contributed by atoms with E-state index in [2.05, 4.69) is 50.2 Å². The molecule has 2 unspecified atom stereocenters. The van der Waals surface area contributed by atoms with Gasteiger partial charge in [0.05, 0.1) is 12.1 Å². The van der Waals surface area contributed by atoms with Gasteiger partial charge in [-0.1, -0.05) is 13.8 Å². The van der Waals surface area contributed by atoms with Crippen LogP contribution >= 0.6 is 0 Å². The second kappa shape index (κ2) is 7.76. The Morgan fingerprint density at radius 1 is 1.38 bits per heavy atom. The average Bonchev–Trinajstić information content (AvgIpc) is 2.92. The maximum absolute atomic E-state index is 5.69. The monoisotopic (exact) mass is 291 g/mol. The number of nitrogens with zero attached hydrogens (tertiary/aromatic N) is 2. The van der Waals surface area contributed by atoms with Gasteiger partial charge in [-0.25, -0.2) is 4.98 Å². The van der Waals surface area contributed by atoms with Gasteiger partial charge in [-0.05, 0) is 50.4 Å². The number of rotatable bonds is 7. The lowest BCUT2D eigenvalue weighted by molar-refractivity contribution is 0.118. The van der Waals surface area contributed by atoms with Crippen LogP contribution in [-0.2, 0) is 17.7 Å². The molecule has 0 radical (unpaired) electrons. The van der Waals surface area contributed by atoms with Crippen LogP contribution in [0.2, 0.25) is 0 Å². The first-order chi connectivity index (χ1) is 10.2. The molecule has 4 nitrogen and oxygen atoms in total. The number of aromatic nitrogens is 1. The third-order valence-electron chi connectivity index (χ3n) is 4.24. The number of anilines is 1. The Morgan fingerprint density at radius 3 is 2.81 bits per heavy atom. The number of pyridine rings is 1. The fourth-order valence-corrected chi connectivity index (χ4v) is 2.91. The molecule has 21 heavy (non-hydrogen) atoms. The van der Waals surface area contributed by atoms with Gasteiger partial charge in [0.1, 0.15) is 5.82 Å². The molecule has 118 valence electrons. The van der Waals surface area contributed by atoms with E-state index in [1.807, 2.05) is 0 Å². The van der Waals surface area contributed by atoms with Crippen LogP contribution in [0.15, 0.2) is 12.1 Å². The number of ether oxygens (including phenoxy) is 1. The van der Waals surface area contributed by atoms with Gasteiger partial charge in [0.15, 0.2) is 0 Å². The number of aryl methyl sites for hydroxylation is 1. The van der Waals surface area contributed by atoms with E-state index < -0.39 is 0 Å². The highest BCUT2D eigenvalue weighted by Gasteiger charge is 2.28. The molecule has 1 aliphatic heterocycles. The van der Waals surface area contributed by atoms with Gasteiger partial charge in [0.25, 0.3) is 0 Å². The molecule has 1 aliphatic rings. The highest BCUT2D eigenvalue weighted by Crippen LogP contribution is 2.24. The Balaban J connectivity index is 2.15. The zero-order valence-electron chi connectivity index (χ0n) is 13.9. The summed E-state index contributed by atoms with van der Waals surface area (Å²) in [6, 6.07) is 4.86. The molecule has 2 rings (SSSR count). The van der Waals surface area contributed by atoms with E-state index in [0.717, 1.165) is 44.8 Å². The largest absolute Gasteiger partial charge is 0.376 e. The first-order valence-electron chi connectivity index (χ1n) is 8.20. The summed E-state index contributed by atoms with van der Waals surface area (Å²) in [6.07, 6.45) is 3.50. The van der Waals surface area contributed by atoms with Gasteiger partial charge in [0, 0.05) is 25.9 Å². The topological polar surface area (TPSA) is 37.4 Å². The zero-order valence-corrected chi connectivity index (χ0v) is 13.9. The minimum Gasteiger partial charge on any atom is -0.376 e. The molecule has 0 bridgehead atoms. The summed E-state index contributed by atoms with van der Waals surface area (Å²) in [5.41, 5.74) is 2.49. The molecule has 0 saturated carbocycles. The average molecular weight is 291 g/mol. The van der Waals surface area contributed by atoms with Crippen LogP contribution in [0.25, 0.3) is 0 Å². The van der Waals surface area contributed by atoms with Gasteiger partial charge in [0.2, 0.25) is 0 Å². The predicted octanol–water partition coefficient (Wildman–Crippen LogP) is 2.76. The minimum atomic E-state index is 0.281. The maximum atomic E-state index is 5.69. The Kier molecular flexibility index (Phi) is 6.00. The molecule has 0 aliphatic carbocycles. The standard InChI is InChI=1S/C17H29N3O/c1-5-8-18-12-14-10-15(6-2)19-17(11-14)20(4)16-7-9-21-13(16)3/h10-11,13,16,18H,5-9,12H2,1-4H3. The van der Waals surface area contributed by atoms with E-state index in [-0.39, 0.29) is 6.10 Å². The Morgan fingerprint density at radius 2 is 2.19 bits per heavy atom. The lowest BCUT2D eigenvalue weighted by atomic mass is 10.1. The van der Waals surface area contributed by atoms with Crippen LogP contribution in [0.3, 0.4) is 0 Å². The van der Waals surface area contributed by atoms with Gasteiger partial charge in [-0.15, -0.1) is 0 Å². The van der Waals surface area contributed by atoms with Gasteiger partial charge < -0.3 is 15.0 Å². The SMILES string of the molecule is CCCNCc1cc(CC)nc(N(C)C2CCOC2C)c1. The van der Waals surface area contributed by atoms with Crippen molar-refractivity contribution in [3.05, 3.63) is 23.4 Å². The van der Waals surface area contributed by atoms with Crippen LogP contribution < -0.4 is 10.2 Å². The fourth-order valence-electron chi connectivity index (χ4n) is 2.91. The van der Waals surface area contributed by atoms with Crippen molar-refractivity contribution < 1.29 is 4.74 Å². The summed E-state index contributed by atoms with van der Waals surface area (Å²) in [5, 5.41) is 3.48. The van der Waals surface area contributed by atoms with Crippen LogP contribution in [-0.4, -0.2) is 37.3 Å². The van der Waals surface area contributed by atoms with Crippen molar-refractivity contribution in [1.29, 1.82) is 0 Å². The van der Waals surface area contributed by atoms with Crippen molar-refractivity contribution in [3.63, 3.8) is 0 Å². The van der Waals surface area contributed by atoms with Gasteiger partial charge in [-0.2, -0.15) is 0 Å². The number of nitrogens with one attached hydrogen (secondary N) is 1. The maximum Gasteiger partial charge on any atom is 0.129 e. The summed E-state index contributed by atoms with van der Waals surface area (Å²) in [7, 11) is 2.14. The number of likely N-dealkylation sites (N-methyl/N-ethyl adjacent to an activating group) is 1. The van der Waals surface area contributed by atoms with Crippen LogP contribution in [0.5, 0.6) is 0 Å². The second-order valence-corrected chi connectivity index (χ2v) is 5.90. The molecule has 0 aromatic carbocycles. The fraction of sp³-hybridized carbons (Fsp3) is 0.706. The molecular weight excluding hydrogens is 262 g/mol. The van der Waals surface area contributed by atoms with E-state index in [4.69, 9.17) is 9.72 Å². The van der Waals surface area contributed by atoms with E-state index in [1.165, 1.54) is 11.3 Å². The van der Waals surface area contributed by atoms with Crippen LogP contribution in [0.4, 0.5) is 5.82 Å². The molecular formula is C17H29N3O. The smallest absolute Gasteiger partial charge is 0.129 e. The highest BCUT2D eigenvalue weighted by atomic mass is 16.5. The summed E-state index contributed by atoms with van der Waals surface area (Å²) in [4.78, 5) is 7.09. The van der Waals surface area contributed by atoms with Crippen LogP contribution in [0, 0.1) is 0 Å². The molecule has 2 heterocycles. The molecule has 1 aromatic heterocycles. The Bertz CT molecular complexity index is 450.